The van der Waals surface area contributed by atoms with Gasteiger partial charge in [-0.05, 0) is 36.6 Å². The lowest BCUT2D eigenvalue weighted by Gasteiger charge is -2.38. The largest absolute Gasteiger partial charge is 0.368 e. The lowest BCUT2D eigenvalue weighted by molar-refractivity contribution is -0.142. The Morgan fingerprint density at radius 3 is 2.46 bits per heavy atom. The third-order valence-electron chi connectivity index (χ3n) is 5.77. The quantitative estimate of drug-likeness (QED) is 0.823. The van der Waals surface area contributed by atoms with Crippen molar-refractivity contribution in [2.45, 2.75) is 32.4 Å². The number of benzene rings is 2. The molecule has 5 nitrogen and oxygen atoms in total. The number of likely N-dealkylation sites (tertiary alicyclic amines) is 1. The third-order valence-corrected chi connectivity index (χ3v) is 5.77. The van der Waals surface area contributed by atoms with Gasteiger partial charge >= 0.3 is 0 Å². The first-order chi connectivity index (χ1) is 13.6. The van der Waals surface area contributed by atoms with Gasteiger partial charge in [0.15, 0.2) is 0 Å². The van der Waals surface area contributed by atoms with Crippen molar-refractivity contribution >= 4 is 17.5 Å². The number of aryl methyl sites for hydroxylation is 1. The van der Waals surface area contributed by atoms with E-state index in [0.717, 1.165) is 18.7 Å². The van der Waals surface area contributed by atoms with Crippen molar-refractivity contribution in [3.63, 3.8) is 0 Å². The van der Waals surface area contributed by atoms with Crippen LogP contribution in [0.5, 0.6) is 0 Å². The minimum atomic E-state index is -0.321. The van der Waals surface area contributed by atoms with E-state index in [2.05, 4.69) is 36.1 Å². The molecule has 2 aromatic carbocycles. The average molecular weight is 377 g/mol. The highest BCUT2D eigenvalue weighted by Crippen LogP contribution is 2.25. The van der Waals surface area contributed by atoms with Gasteiger partial charge < -0.3 is 14.7 Å². The Balaban J connectivity index is 1.39. The van der Waals surface area contributed by atoms with Crippen LogP contribution in [0.1, 0.15) is 24.0 Å². The Morgan fingerprint density at radius 1 is 1.00 bits per heavy atom. The van der Waals surface area contributed by atoms with Gasteiger partial charge in [-0.3, -0.25) is 9.59 Å². The molecule has 146 valence electrons. The molecule has 28 heavy (non-hydrogen) atoms. The Hall–Kier alpha value is -2.82. The maximum absolute atomic E-state index is 13.2. The molecular formula is C23H27N3O2. The molecule has 2 aliphatic heterocycles. The van der Waals surface area contributed by atoms with Gasteiger partial charge in [0.05, 0.1) is 0 Å². The minimum absolute atomic E-state index is 0.0839. The summed E-state index contributed by atoms with van der Waals surface area (Å²) in [5, 5.41) is 0. The van der Waals surface area contributed by atoms with E-state index in [9.17, 15) is 9.59 Å². The lowest BCUT2D eigenvalue weighted by Crippen LogP contribution is -2.54. The van der Waals surface area contributed by atoms with Crippen LogP contribution in [0.15, 0.2) is 54.6 Å². The van der Waals surface area contributed by atoms with Gasteiger partial charge in [-0.2, -0.15) is 0 Å². The van der Waals surface area contributed by atoms with E-state index in [1.807, 2.05) is 35.2 Å². The molecule has 0 saturated carbocycles. The summed E-state index contributed by atoms with van der Waals surface area (Å²) in [5.74, 6) is 0.186. The van der Waals surface area contributed by atoms with Crippen LogP contribution in [0, 0.1) is 6.92 Å². The Kier molecular flexibility index (Phi) is 5.33. The fourth-order valence-electron chi connectivity index (χ4n) is 4.19. The number of rotatable bonds is 4. The maximum Gasteiger partial charge on any atom is 0.245 e. The van der Waals surface area contributed by atoms with Crippen molar-refractivity contribution in [2.75, 3.05) is 31.1 Å². The zero-order valence-electron chi connectivity index (χ0n) is 16.4. The number of carbonyl (C=O) groups is 2. The number of nitrogens with zero attached hydrogens (tertiary/aromatic N) is 3. The maximum atomic E-state index is 13.2. The predicted octanol–water partition coefficient (Wildman–Crippen LogP) is 2.83. The van der Waals surface area contributed by atoms with Crippen LogP contribution in [0.25, 0.3) is 0 Å². The normalized spacial score (nSPS) is 20.0. The molecule has 2 aromatic rings. The van der Waals surface area contributed by atoms with Crippen molar-refractivity contribution in [2.24, 2.45) is 0 Å². The molecule has 2 saturated heterocycles. The first-order valence-electron chi connectivity index (χ1n) is 10.1. The molecule has 0 aliphatic carbocycles. The second-order valence-corrected chi connectivity index (χ2v) is 7.71. The van der Waals surface area contributed by atoms with Gasteiger partial charge in [-0.25, -0.2) is 0 Å². The van der Waals surface area contributed by atoms with Crippen molar-refractivity contribution in [3.8, 4) is 0 Å². The summed E-state index contributed by atoms with van der Waals surface area (Å²) in [7, 11) is 0. The Bertz CT molecular complexity index is 844. The van der Waals surface area contributed by atoms with Crippen LogP contribution in [0.2, 0.25) is 0 Å². The van der Waals surface area contributed by atoms with E-state index in [-0.39, 0.29) is 17.9 Å². The standard InChI is InChI=1S/C23H27N3O2/c1-18-6-5-9-20(16-18)24-12-14-25(15-13-24)23(28)21-10-11-22(27)26(21)17-19-7-3-2-4-8-19/h2-9,16,21H,10-15,17H2,1H3. The molecule has 2 heterocycles. The van der Waals surface area contributed by atoms with E-state index in [0.29, 0.717) is 32.5 Å². The summed E-state index contributed by atoms with van der Waals surface area (Å²) in [6.45, 7) is 5.68. The molecule has 0 bridgehead atoms. The fourth-order valence-corrected chi connectivity index (χ4v) is 4.19. The van der Waals surface area contributed by atoms with Crippen molar-refractivity contribution < 1.29 is 9.59 Å². The van der Waals surface area contributed by atoms with Gasteiger partial charge in [0.1, 0.15) is 6.04 Å². The van der Waals surface area contributed by atoms with E-state index in [4.69, 9.17) is 0 Å². The van der Waals surface area contributed by atoms with Gasteiger partial charge in [-0.1, -0.05) is 42.5 Å². The highest BCUT2D eigenvalue weighted by molar-refractivity contribution is 5.91. The van der Waals surface area contributed by atoms with Crippen LogP contribution in [0.3, 0.4) is 0 Å². The van der Waals surface area contributed by atoms with Crippen LogP contribution in [-0.2, 0) is 16.1 Å². The molecule has 5 heteroatoms. The van der Waals surface area contributed by atoms with E-state index in [1.54, 1.807) is 4.90 Å². The van der Waals surface area contributed by atoms with Crippen molar-refractivity contribution in [3.05, 3.63) is 65.7 Å². The smallest absolute Gasteiger partial charge is 0.245 e. The fraction of sp³-hybridized carbons (Fsp3) is 0.391. The average Bonchev–Trinajstić information content (AvgIpc) is 3.09. The summed E-state index contributed by atoms with van der Waals surface area (Å²) >= 11 is 0. The summed E-state index contributed by atoms with van der Waals surface area (Å²) in [6, 6.07) is 18.1. The van der Waals surface area contributed by atoms with Gasteiger partial charge in [0, 0.05) is 44.8 Å². The molecule has 0 radical (unpaired) electrons. The summed E-state index contributed by atoms with van der Waals surface area (Å²) in [6.07, 6.45) is 1.09. The number of hydrogen-bond acceptors (Lipinski definition) is 3. The van der Waals surface area contributed by atoms with Crippen LogP contribution in [0.4, 0.5) is 5.69 Å². The monoisotopic (exact) mass is 377 g/mol. The third kappa shape index (κ3) is 3.88. The Labute approximate surface area is 166 Å². The topological polar surface area (TPSA) is 43.9 Å². The van der Waals surface area contributed by atoms with E-state index < -0.39 is 0 Å². The molecule has 2 fully saturated rings. The Morgan fingerprint density at radius 2 is 1.75 bits per heavy atom. The van der Waals surface area contributed by atoms with Crippen LogP contribution in [-0.4, -0.2) is 53.8 Å². The first kappa shape index (κ1) is 18.5. The molecule has 0 spiro atoms. The SMILES string of the molecule is Cc1cccc(N2CCN(C(=O)C3CCC(=O)N3Cc3ccccc3)CC2)c1. The van der Waals surface area contributed by atoms with Crippen LogP contribution < -0.4 is 4.90 Å². The van der Waals surface area contributed by atoms with Gasteiger partial charge in [0.2, 0.25) is 11.8 Å². The predicted molar refractivity (Wildman–Crippen MR) is 110 cm³/mol. The highest BCUT2D eigenvalue weighted by Gasteiger charge is 2.38. The minimum Gasteiger partial charge on any atom is -0.368 e. The molecule has 0 aromatic heterocycles. The first-order valence-corrected chi connectivity index (χ1v) is 10.1. The number of piperazine rings is 1. The molecular weight excluding hydrogens is 350 g/mol. The number of anilines is 1. The molecule has 4 rings (SSSR count). The number of amides is 2. The van der Waals surface area contributed by atoms with Gasteiger partial charge in [0.25, 0.3) is 0 Å². The van der Waals surface area contributed by atoms with E-state index in [1.165, 1.54) is 11.3 Å². The molecule has 2 aliphatic rings. The lowest BCUT2D eigenvalue weighted by atomic mass is 10.1. The molecule has 1 atom stereocenters. The molecule has 2 amide bonds. The van der Waals surface area contributed by atoms with Crippen molar-refractivity contribution in [1.29, 1.82) is 0 Å². The number of carbonyl (C=O) groups excluding carboxylic acids is 2. The van der Waals surface area contributed by atoms with Crippen molar-refractivity contribution in [1.82, 2.24) is 9.80 Å². The zero-order chi connectivity index (χ0) is 19.5. The number of hydrogen-bond donors (Lipinski definition) is 0. The van der Waals surface area contributed by atoms with Crippen LogP contribution >= 0.6 is 0 Å². The van der Waals surface area contributed by atoms with E-state index >= 15 is 0 Å². The van der Waals surface area contributed by atoms with Gasteiger partial charge in [-0.15, -0.1) is 0 Å². The highest BCUT2D eigenvalue weighted by atomic mass is 16.2. The molecule has 1 unspecified atom stereocenters. The second-order valence-electron chi connectivity index (χ2n) is 7.71. The summed E-state index contributed by atoms with van der Waals surface area (Å²) in [4.78, 5) is 31.6. The summed E-state index contributed by atoms with van der Waals surface area (Å²) < 4.78 is 0. The summed E-state index contributed by atoms with van der Waals surface area (Å²) in [5.41, 5.74) is 3.53. The molecule has 0 N–H and O–H groups in total. The second kappa shape index (κ2) is 8.05. The zero-order valence-corrected chi connectivity index (χ0v) is 16.4.